The van der Waals surface area contributed by atoms with Gasteiger partial charge in [0.25, 0.3) is 0 Å². The van der Waals surface area contributed by atoms with E-state index >= 15 is 0 Å². The summed E-state index contributed by atoms with van der Waals surface area (Å²) in [5.74, 6) is 1.97. The minimum absolute atomic E-state index is 0.595. The summed E-state index contributed by atoms with van der Waals surface area (Å²) in [6, 6.07) is 5.62. The van der Waals surface area contributed by atoms with Gasteiger partial charge in [-0.2, -0.15) is 0 Å². The van der Waals surface area contributed by atoms with Crippen molar-refractivity contribution in [2.75, 3.05) is 14.2 Å². The predicted molar refractivity (Wildman–Crippen MR) is 61.8 cm³/mol. The lowest BCUT2D eigenvalue weighted by Crippen LogP contribution is -2.39. The highest BCUT2D eigenvalue weighted by atomic mass is 16.5. The van der Waals surface area contributed by atoms with Gasteiger partial charge in [-0.3, -0.25) is 0 Å². The fourth-order valence-corrected chi connectivity index (χ4v) is 2.45. The van der Waals surface area contributed by atoms with Crippen LogP contribution in [-0.4, -0.2) is 19.3 Å². The average Bonchev–Trinajstić information content (AvgIpc) is 2.26. The van der Waals surface area contributed by atoms with Gasteiger partial charge < -0.3 is 14.6 Å². The summed E-state index contributed by atoms with van der Waals surface area (Å²) in [5.41, 5.74) is 0.252. The molecule has 1 aromatic carbocycles. The topological polar surface area (TPSA) is 38.7 Å². The third-order valence-electron chi connectivity index (χ3n) is 3.29. The van der Waals surface area contributed by atoms with Gasteiger partial charge in [0.1, 0.15) is 0 Å². The van der Waals surface area contributed by atoms with E-state index in [1.165, 1.54) is 0 Å². The van der Waals surface area contributed by atoms with Crippen molar-refractivity contribution in [3.8, 4) is 11.5 Å². The SMILES string of the molecule is COc1ccc(C2(O)CC(C)C2)cc1OC. The monoisotopic (exact) mass is 222 g/mol. The highest BCUT2D eigenvalue weighted by Crippen LogP contribution is 2.46. The van der Waals surface area contributed by atoms with E-state index in [9.17, 15) is 5.11 Å². The fourth-order valence-electron chi connectivity index (χ4n) is 2.45. The van der Waals surface area contributed by atoms with Crippen LogP contribution in [0, 0.1) is 5.92 Å². The molecule has 88 valence electrons. The van der Waals surface area contributed by atoms with Crippen molar-refractivity contribution in [3.63, 3.8) is 0 Å². The van der Waals surface area contributed by atoms with E-state index in [-0.39, 0.29) is 0 Å². The zero-order valence-corrected chi connectivity index (χ0v) is 9.99. The van der Waals surface area contributed by atoms with Crippen molar-refractivity contribution in [2.24, 2.45) is 5.92 Å². The standard InChI is InChI=1S/C13H18O3/c1-9-7-13(14,8-9)10-4-5-11(15-2)12(6-10)16-3/h4-6,9,14H,7-8H2,1-3H3. The Kier molecular flexibility index (Phi) is 2.80. The number of aliphatic hydroxyl groups is 1. The zero-order valence-electron chi connectivity index (χ0n) is 9.99. The van der Waals surface area contributed by atoms with Gasteiger partial charge >= 0.3 is 0 Å². The van der Waals surface area contributed by atoms with E-state index in [2.05, 4.69) is 6.92 Å². The Morgan fingerprint density at radius 2 is 1.81 bits per heavy atom. The summed E-state index contributed by atoms with van der Waals surface area (Å²) in [7, 11) is 3.22. The van der Waals surface area contributed by atoms with Crippen molar-refractivity contribution in [1.82, 2.24) is 0 Å². The molecule has 0 amide bonds. The highest BCUT2D eigenvalue weighted by molar-refractivity contribution is 5.45. The second-order valence-electron chi connectivity index (χ2n) is 4.61. The molecule has 1 aromatic rings. The molecule has 1 fully saturated rings. The molecule has 0 atom stereocenters. The van der Waals surface area contributed by atoms with Gasteiger partial charge in [0, 0.05) is 0 Å². The number of hydrogen-bond acceptors (Lipinski definition) is 3. The zero-order chi connectivity index (χ0) is 11.8. The molecule has 0 heterocycles. The minimum atomic E-state index is -0.668. The smallest absolute Gasteiger partial charge is 0.161 e. The Balaban J connectivity index is 2.29. The van der Waals surface area contributed by atoms with Crippen LogP contribution in [0.3, 0.4) is 0 Å². The molecule has 0 aromatic heterocycles. The van der Waals surface area contributed by atoms with Crippen LogP contribution < -0.4 is 9.47 Å². The number of benzene rings is 1. The van der Waals surface area contributed by atoms with E-state index in [1.807, 2.05) is 18.2 Å². The maximum absolute atomic E-state index is 10.3. The van der Waals surface area contributed by atoms with Crippen LogP contribution >= 0.6 is 0 Å². The first kappa shape index (κ1) is 11.3. The Labute approximate surface area is 96.0 Å². The molecular weight excluding hydrogens is 204 g/mol. The van der Waals surface area contributed by atoms with Crippen molar-refractivity contribution < 1.29 is 14.6 Å². The van der Waals surface area contributed by atoms with Crippen LogP contribution in [0.5, 0.6) is 11.5 Å². The lowest BCUT2D eigenvalue weighted by atomic mass is 9.68. The predicted octanol–water partition coefficient (Wildman–Crippen LogP) is 2.32. The number of methoxy groups -OCH3 is 2. The first-order valence-electron chi connectivity index (χ1n) is 5.54. The Bertz CT molecular complexity index is 381. The van der Waals surface area contributed by atoms with Crippen LogP contribution in [-0.2, 0) is 5.60 Å². The molecule has 0 bridgehead atoms. The van der Waals surface area contributed by atoms with Crippen molar-refractivity contribution in [2.45, 2.75) is 25.4 Å². The summed E-state index contributed by atoms with van der Waals surface area (Å²) < 4.78 is 10.4. The molecule has 0 saturated heterocycles. The normalized spacial score (nSPS) is 28.4. The lowest BCUT2D eigenvalue weighted by molar-refractivity contribution is -0.0739. The molecule has 0 radical (unpaired) electrons. The number of rotatable bonds is 3. The van der Waals surface area contributed by atoms with Crippen LogP contribution in [0.2, 0.25) is 0 Å². The summed E-state index contributed by atoms with van der Waals surface area (Å²) in [5, 5.41) is 10.3. The van der Waals surface area contributed by atoms with Crippen LogP contribution in [0.25, 0.3) is 0 Å². The van der Waals surface area contributed by atoms with Gasteiger partial charge in [0.15, 0.2) is 11.5 Å². The van der Waals surface area contributed by atoms with Gasteiger partial charge in [0.05, 0.1) is 19.8 Å². The largest absolute Gasteiger partial charge is 0.493 e. The van der Waals surface area contributed by atoms with Crippen LogP contribution in [0.1, 0.15) is 25.3 Å². The van der Waals surface area contributed by atoms with Gasteiger partial charge in [-0.05, 0) is 36.5 Å². The van der Waals surface area contributed by atoms with E-state index in [0.29, 0.717) is 17.4 Å². The van der Waals surface area contributed by atoms with Gasteiger partial charge in [-0.25, -0.2) is 0 Å². The van der Waals surface area contributed by atoms with Crippen LogP contribution in [0.15, 0.2) is 18.2 Å². The Hall–Kier alpha value is -1.22. The second kappa shape index (κ2) is 3.98. The third kappa shape index (κ3) is 1.76. The second-order valence-corrected chi connectivity index (χ2v) is 4.61. The number of hydrogen-bond donors (Lipinski definition) is 1. The molecule has 0 spiro atoms. The van der Waals surface area contributed by atoms with E-state index < -0.39 is 5.60 Å². The summed E-state index contributed by atoms with van der Waals surface area (Å²) in [4.78, 5) is 0. The summed E-state index contributed by atoms with van der Waals surface area (Å²) >= 11 is 0. The Morgan fingerprint density at radius 3 is 2.31 bits per heavy atom. The average molecular weight is 222 g/mol. The maximum Gasteiger partial charge on any atom is 0.161 e. The quantitative estimate of drug-likeness (QED) is 0.853. The number of ether oxygens (including phenoxy) is 2. The fraction of sp³-hybridized carbons (Fsp3) is 0.538. The molecule has 1 aliphatic carbocycles. The van der Waals surface area contributed by atoms with E-state index in [0.717, 1.165) is 18.4 Å². The lowest BCUT2D eigenvalue weighted by Gasteiger charge is -2.42. The molecule has 3 heteroatoms. The third-order valence-corrected chi connectivity index (χ3v) is 3.29. The molecule has 1 N–H and O–H groups in total. The van der Waals surface area contributed by atoms with E-state index in [4.69, 9.17) is 9.47 Å². The van der Waals surface area contributed by atoms with Gasteiger partial charge in [-0.1, -0.05) is 13.0 Å². The molecule has 2 rings (SSSR count). The van der Waals surface area contributed by atoms with E-state index in [1.54, 1.807) is 14.2 Å². The highest BCUT2D eigenvalue weighted by Gasteiger charge is 2.41. The molecule has 16 heavy (non-hydrogen) atoms. The van der Waals surface area contributed by atoms with Crippen molar-refractivity contribution >= 4 is 0 Å². The first-order chi connectivity index (χ1) is 7.59. The molecule has 0 aliphatic heterocycles. The molecule has 3 nitrogen and oxygen atoms in total. The minimum Gasteiger partial charge on any atom is -0.493 e. The van der Waals surface area contributed by atoms with Gasteiger partial charge in [-0.15, -0.1) is 0 Å². The van der Waals surface area contributed by atoms with Crippen molar-refractivity contribution in [3.05, 3.63) is 23.8 Å². The molecule has 1 aliphatic rings. The summed E-state index contributed by atoms with van der Waals surface area (Å²) in [6.07, 6.45) is 1.64. The summed E-state index contributed by atoms with van der Waals surface area (Å²) in [6.45, 7) is 2.15. The van der Waals surface area contributed by atoms with Crippen molar-refractivity contribution in [1.29, 1.82) is 0 Å². The molecular formula is C13H18O3. The maximum atomic E-state index is 10.3. The Morgan fingerprint density at radius 1 is 1.19 bits per heavy atom. The van der Waals surface area contributed by atoms with Gasteiger partial charge in [0.2, 0.25) is 0 Å². The molecule has 1 saturated carbocycles. The van der Waals surface area contributed by atoms with Crippen LogP contribution in [0.4, 0.5) is 0 Å². The first-order valence-corrected chi connectivity index (χ1v) is 5.54. The molecule has 0 unspecified atom stereocenters.